The van der Waals surface area contributed by atoms with E-state index in [9.17, 15) is 0 Å². The second kappa shape index (κ2) is 6.75. The predicted octanol–water partition coefficient (Wildman–Crippen LogP) is 4.67. The lowest BCUT2D eigenvalue weighted by atomic mass is 10.2. The molecule has 1 N–H and O–H groups in total. The van der Waals surface area contributed by atoms with Crippen LogP contribution in [0.25, 0.3) is 0 Å². The zero-order chi connectivity index (χ0) is 14.5. The summed E-state index contributed by atoms with van der Waals surface area (Å²) in [7, 11) is 0. The lowest BCUT2D eigenvalue weighted by Crippen LogP contribution is -2.11. The zero-order valence-electron chi connectivity index (χ0n) is 12.5. The van der Waals surface area contributed by atoms with Crippen LogP contribution in [0.5, 0.6) is 5.88 Å². The molecule has 0 saturated heterocycles. The summed E-state index contributed by atoms with van der Waals surface area (Å²) >= 11 is 1.86. The molecule has 2 heterocycles. The Hall–Kier alpha value is -1.55. The summed E-state index contributed by atoms with van der Waals surface area (Å²) in [6.07, 6.45) is 2.97. The van der Waals surface area contributed by atoms with Gasteiger partial charge in [-0.15, -0.1) is 11.3 Å². The Morgan fingerprint density at radius 2 is 2.05 bits per heavy atom. The molecule has 0 aliphatic carbocycles. The Labute approximate surface area is 125 Å². The Morgan fingerprint density at radius 1 is 1.25 bits per heavy atom. The molecule has 2 rings (SSSR count). The van der Waals surface area contributed by atoms with E-state index in [0.29, 0.717) is 5.88 Å². The minimum absolute atomic E-state index is 0.120. The molecule has 0 spiro atoms. The zero-order valence-corrected chi connectivity index (χ0v) is 13.3. The number of hydrogen-bond acceptors (Lipinski definition) is 4. The molecule has 0 amide bonds. The maximum absolute atomic E-state index is 5.74. The molecule has 108 valence electrons. The summed E-state index contributed by atoms with van der Waals surface area (Å²) < 4.78 is 5.74. The fourth-order valence-electron chi connectivity index (χ4n) is 1.94. The molecule has 20 heavy (non-hydrogen) atoms. The normalized spacial score (nSPS) is 12.4. The van der Waals surface area contributed by atoms with E-state index < -0.39 is 0 Å². The topological polar surface area (TPSA) is 34.2 Å². The van der Waals surface area contributed by atoms with Gasteiger partial charge in [-0.05, 0) is 51.5 Å². The number of pyridine rings is 1. The van der Waals surface area contributed by atoms with Crippen LogP contribution in [-0.2, 0) is 6.42 Å². The highest BCUT2D eigenvalue weighted by molar-refractivity contribution is 7.12. The van der Waals surface area contributed by atoms with Gasteiger partial charge in [-0.3, -0.25) is 0 Å². The minimum Gasteiger partial charge on any atom is -0.473 e. The summed E-state index contributed by atoms with van der Waals surface area (Å²) in [5.74, 6) is 0.668. The molecule has 4 heteroatoms. The fraction of sp³-hybridized carbons (Fsp3) is 0.438. The van der Waals surface area contributed by atoms with E-state index >= 15 is 0 Å². The van der Waals surface area contributed by atoms with Crippen LogP contribution >= 0.6 is 11.3 Å². The fourth-order valence-corrected chi connectivity index (χ4v) is 2.89. The van der Waals surface area contributed by atoms with Gasteiger partial charge in [0, 0.05) is 16.0 Å². The van der Waals surface area contributed by atoms with Crippen LogP contribution in [0.15, 0.2) is 30.5 Å². The molecule has 2 aromatic heterocycles. The van der Waals surface area contributed by atoms with Crippen molar-refractivity contribution in [3.05, 3.63) is 40.2 Å². The van der Waals surface area contributed by atoms with Crippen LogP contribution in [0.4, 0.5) is 5.69 Å². The van der Waals surface area contributed by atoms with Crippen LogP contribution < -0.4 is 10.1 Å². The third-order valence-corrected chi connectivity index (χ3v) is 4.36. The van der Waals surface area contributed by atoms with Crippen molar-refractivity contribution in [2.75, 3.05) is 5.32 Å². The SMILES string of the molecule is CCc1ccc(C(C)Nc2cccnc2OC(C)C)s1. The molecule has 0 saturated carbocycles. The number of nitrogens with one attached hydrogen (secondary N) is 1. The van der Waals surface area contributed by atoms with Crippen molar-refractivity contribution in [3.8, 4) is 5.88 Å². The Kier molecular flexibility index (Phi) is 5.01. The van der Waals surface area contributed by atoms with Crippen LogP contribution in [0.3, 0.4) is 0 Å². The largest absolute Gasteiger partial charge is 0.473 e. The van der Waals surface area contributed by atoms with Crippen molar-refractivity contribution < 1.29 is 4.74 Å². The molecular formula is C16H22N2OS. The second-order valence-corrected chi connectivity index (χ2v) is 6.25. The number of aromatic nitrogens is 1. The molecule has 0 aromatic carbocycles. The van der Waals surface area contributed by atoms with Crippen molar-refractivity contribution in [2.24, 2.45) is 0 Å². The molecule has 0 aliphatic rings. The highest BCUT2D eigenvalue weighted by Crippen LogP contribution is 2.30. The Balaban J connectivity index is 2.12. The van der Waals surface area contributed by atoms with E-state index in [1.165, 1.54) is 9.75 Å². The van der Waals surface area contributed by atoms with Crippen LogP contribution in [0, 0.1) is 0 Å². The van der Waals surface area contributed by atoms with Gasteiger partial charge in [0.05, 0.1) is 17.8 Å². The highest BCUT2D eigenvalue weighted by Gasteiger charge is 2.12. The second-order valence-electron chi connectivity index (χ2n) is 5.05. The van der Waals surface area contributed by atoms with E-state index in [1.54, 1.807) is 6.20 Å². The van der Waals surface area contributed by atoms with Crippen molar-refractivity contribution >= 4 is 17.0 Å². The van der Waals surface area contributed by atoms with Crippen LogP contribution in [0.2, 0.25) is 0 Å². The van der Waals surface area contributed by atoms with Crippen molar-refractivity contribution in [1.29, 1.82) is 0 Å². The lowest BCUT2D eigenvalue weighted by Gasteiger charge is -2.17. The molecule has 1 unspecified atom stereocenters. The highest BCUT2D eigenvalue weighted by atomic mass is 32.1. The number of ether oxygens (including phenoxy) is 1. The number of anilines is 1. The average molecular weight is 290 g/mol. The molecule has 2 aromatic rings. The first-order valence-corrected chi connectivity index (χ1v) is 7.88. The van der Waals surface area contributed by atoms with E-state index in [2.05, 4.69) is 36.3 Å². The number of aryl methyl sites for hydroxylation is 1. The Morgan fingerprint density at radius 3 is 2.70 bits per heavy atom. The molecule has 3 nitrogen and oxygen atoms in total. The van der Waals surface area contributed by atoms with Crippen LogP contribution in [-0.4, -0.2) is 11.1 Å². The predicted molar refractivity (Wildman–Crippen MR) is 85.7 cm³/mol. The summed E-state index contributed by atoms with van der Waals surface area (Å²) in [6.45, 7) is 8.37. The molecule has 0 bridgehead atoms. The van der Waals surface area contributed by atoms with Gasteiger partial charge in [0.15, 0.2) is 0 Å². The van der Waals surface area contributed by atoms with E-state index in [1.807, 2.05) is 37.3 Å². The smallest absolute Gasteiger partial charge is 0.237 e. The maximum Gasteiger partial charge on any atom is 0.237 e. The molecule has 0 fully saturated rings. The number of hydrogen-bond donors (Lipinski definition) is 1. The van der Waals surface area contributed by atoms with Gasteiger partial charge >= 0.3 is 0 Å². The quantitative estimate of drug-likeness (QED) is 0.839. The first-order chi connectivity index (χ1) is 9.60. The standard InChI is InChI=1S/C16H22N2OS/c1-5-13-8-9-15(20-13)12(4)18-14-7-6-10-17-16(14)19-11(2)3/h6-12,18H,5H2,1-4H3. The number of rotatable bonds is 6. The van der Waals surface area contributed by atoms with Crippen LogP contribution in [0.1, 0.15) is 43.5 Å². The van der Waals surface area contributed by atoms with Crippen molar-refractivity contribution in [1.82, 2.24) is 4.98 Å². The Bertz CT molecular complexity index is 551. The van der Waals surface area contributed by atoms with Gasteiger partial charge in [0.2, 0.25) is 5.88 Å². The third kappa shape index (κ3) is 3.73. The molecule has 0 aliphatic heterocycles. The molecular weight excluding hydrogens is 268 g/mol. The van der Waals surface area contributed by atoms with Crippen molar-refractivity contribution in [3.63, 3.8) is 0 Å². The van der Waals surface area contributed by atoms with E-state index in [4.69, 9.17) is 4.74 Å². The van der Waals surface area contributed by atoms with E-state index in [-0.39, 0.29) is 12.1 Å². The monoisotopic (exact) mass is 290 g/mol. The number of thiophene rings is 1. The van der Waals surface area contributed by atoms with Gasteiger partial charge in [-0.25, -0.2) is 4.98 Å². The van der Waals surface area contributed by atoms with Gasteiger partial charge in [0.1, 0.15) is 0 Å². The minimum atomic E-state index is 0.120. The van der Waals surface area contributed by atoms with Gasteiger partial charge in [0.25, 0.3) is 0 Å². The lowest BCUT2D eigenvalue weighted by molar-refractivity contribution is 0.234. The molecule has 1 atom stereocenters. The van der Waals surface area contributed by atoms with Gasteiger partial charge in [-0.2, -0.15) is 0 Å². The third-order valence-electron chi connectivity index (χ3n) is 2.95. The average Bonchev–Trinajstić information content (AvgIpc) is 2.89. The van der Waals surface area contributed by atoms with Crippen molar-refractivity contribution in [2.45, 2.75) is 46.3 Å². The molecule has 0 radical (unpaired) electrons. The first-order valence-electron chi connectivity index (χ1n) is 7.07. The maximum atomic E-state index is 5.74. The summed E-state index contributed by atoms with van der Waals surface area (Å²) in [6, 6.07) is 8.58. The van der Waals surface area contributed by atoms with Gasteiger partial charge < -0.3 is 10.1 Å². The first kappa shape index (κ1) is 14.9. The summed E-state index contributed by atoms with van der Waals surface area (Å²) in [5.41, 5.74) is 0.945. The summed E-state index contributed by atoms with van der Waals surface area (Å²) in [5, 5.41) is 3.49. The van der Waals surface area contributed by atoms with E-state index in [0.717, 1.165) is 12.1 Å². The van der Waals surface area contributed by atoms with Gasteiger partial charge in [-0.1, -0.05) is 6.92 Å². The number of nitrogens with zero attached hydrogens (tertiary/aromatic N) is 1. The summed E-state index contributed by atoms with van der Waals surface area (Å²) in [4.78, 5) is 7.06.